The maximum absolute atomic E-state index is 9.54. The van der Waals surface area contributed by atoms with E-state index >= 15 is 0 Å². The summed E-state index contributed by atoms with van der Waals surface area (Å²) in [7, 11) is 0. The molecule has 0 spiro atoms. The van der Waals surface area contributed by atoms with E-state index in [0.717, 1.165) is 37.4 Å². The van der Waals surface area contributed by atoms with E-state index in [4.69, 9.17) is 0 Å². The second kappa shape index (κ2) is 10.5. The summed E-state index contributed by atoms with van der Waals surface area (Å²) in [5.41, 5.74) is 1.00. The molecule has 3 nitrogen and oxygen atoms in total. The van der Waals surface area contributed by atoms with Crippen LogP contribution in [0.15, 0.2) is 18.2 Å². The summed E-state index contributed by atoms with van der Waals surface area (Å²) < 4.78 is 0. The molecule has 1 aromatic rings. The van der Waals surface area contributed by atoms with Crippen LogP contribution >= 0.6 is 0 Å². The zero-order valence-electron chi connectivity index (χ0n) is 15.4. The van der Waals surface area contributed by atoms with E-state index in [2.05, 4.69) is 32.6 Å². The molecule has 3 heteroatoms. The highest BCUT2D eigenvalue weighted by Gasteiger charge is 2.18. The Morgan fingerprint density at radius 2 is 1.61 bits per heavy atom. The van der Waals surface area contributed by atoms with Crippen LogP contribution in [0.4, 0.5) is 0 Å². The van der Waals surface area contributed by atoms with Crippen LogP contribution in [0.3, 0.4) is 0 Å². The van der Waals surface area contributed by atoms with Gasteiger partial charge in [-0.1, -0.05) is 40.0 Å². The molecule has 2 unspecified atom stereocenters. The predicted octanol–water partition coefficient (Wildman–Crippen LogP) is 4.96. The Bertz CT molecular complexity index is 427. The van der Waals surface area contributed by atoms with Crippen LogP contribution in [0, 0.1) is 5.92 Å². The maximum atomic E-state index is 9.54. The summed E-state index contributed by atoms with van der Waals surface area (Å²) in [6.07, 6.45) is 7.20. The molecular formula is C20H35NO2. The van der Waals surface area contributed by atoms with Gasteiger partial charge in [-0.25, -0.2) is 0 Å². The summed E-state index contributed by atoms with van der Waals surface area (Å²) >= 11 is 0. The topological polar surface area (TPSA) is 43.7 Å². The van der Waals surface area contributed by atoms with Gasteiger partial charge in [0.15, 0.2) is 0 Å². The Balaban J connectivity index is 2.43. The highest BCUT2D eigenvalue weighted by molar-refractivity contribution is 5.36. The summed E-state index contributed by atoms with van der Waals surface area (Å²) in [5.74, 6) is 1.02. The number of unbranched alkanes of at least 4 members (excludes halogenated alkanes) is 2. The lowest BCUT2D eigenvalue weighted by atomic mass is 9.95. The minimum atomic E-state index is 0.144. The molecule has 132 valence electrons. The number of nitrogens with zero attached hydrogens (tertiary/aromatic N) is 1. The van der Waals surface area contributed by atoms with Gasteiger partial charge >= 0.3 is 0 Å². The molecule has 1 rings (SSSR count). The Morgan fingerprint density at radius 1 is 0.957 bits per heavy atom. The second-order valence-electron chi connectivity index (χ2n) is 6.80. The fourth-order valence-electron chi connectivity index (χ4n) is 3.25. The molecule has 1 aromatic carbocycles. The summed E-state index contributed by atoms with van der Waals surface area (Å²) in [5, 5.41) is 19.1. The van der Waals surface area contributed by atoms with Crippen molar-refractivity contribution in [2.45, 2.75) is 72.3 Å². The van der Waals surface area contributed by atoms with Crippen molar-refractivity contribution in [1.82, 2.24) is 4.90 Å². The zero-order chi connectivity index (χ0) is 17.2. The van der Waals surface area contributed by atoms with Gasteiger partial charge in [-0.15, -0.1) is 0 Å². The van der Waals surface area contributed by atoms with Crippen molar-refractivity contribution < 1.29 is 10.2 Å². The van der Waals surface area contributed by atoms with E-state index in [0.29, 0.717) is 6.04 Å². The van der Waals surface area contributed by atoms with Gasteiger partial charge in [0, 0.05) is 12.1 Å². The highest BCUT2D eigenvalue weighted by atomic mass is 16.3. The number of hydrogen-bond donors (Lipinski definition) is 2. The fourth-order valence-corrected chi connectivity index (χ4v) is 3.25. The molecule has 0 heterocycles. The van der Waals surface area contributed by atoms with E-state index in [1.165, 1.54) is 31.7 Å². The first-order valence-corrected chi connectivity index (χ1v) is 9.23. The van der Waals surface area contributed by atoms with Crippen LogP contribution < -0.4 is 0 Å². The number of aromatic hydroxyl groups is 2. The average Bonchev–Trinajstić information content (AvgIpc) is 2.50. The van der Waals surface area contributed by atoms with Crippen molar-refractivity contribution in [3.05, 3.63) is 23.8 Å². The molecule has 0 fully saturated rings. The Kier molecular flexibility index (Phi) is 9.08. The highest BCUT2D eigenvalue weighted by Crippen LogP contribution is 2.22. The molecule has 0 aromatic heterocycles. The fraction of sp³-hybridized carbons (Fsp3) is 0.700. The van der Waals surface area contributed by atoms with Gasteiger partial charge in [-0.3, -0.25) is 0 Å². The van der Waals surface area contributed by atoms with Crippen molar-refractivity contribution >= 4 is 0 Å². The molecule has 0 amide bonds. The van der Waals surface area contributed by atoms with Crippen LogP contribution in [-0.2, 0) is 6.42 Å². The van der Waals surface area contributed by atoms with Gasteiger partial charge in [0.1, 0.15) is 11.5 Å². The Morgan fingerprint density at radius 3 is 2.17 bits per heavy atom. The summed E-state index contributed by atoms with van der Waals surface area (Å²) in [6.45, 7) is 11.3. The zero-order valence-corrected chi connectivity index (χ0v) is 15.4. The monoisotopic (exact) mass is 321 g/mol. The third-order valence-electron chi connectivity index (χ3n) is 4.94. The molecule has 2 N–H and O–H groups in total. The number of phenols is 2. The second-order valence-corrected chi connectivity index (χ2v) is 6.80. The van der Waals surface area contributed by atoms with Gasteiger partial charge in [-0.05, 0) is 62.9 Å². The number of aryl methyl sites for hydroxylation is 1. The minimum Gasteiger partial charge on any atom is -0.508 e. The lowest BCUT2D eigenvalue weighted by Crippen LogP contribution is -2.38. The number of phenolic OH excluding ortho intramolecular Hbond substituents is 2. The summed E-state index contributed by atoms with van der Waals surface area (Å²) in [6, 6.07) is 5.47. The number of rotatable bonds is 11. The molecular weight excluding hydrogens is 286 g/mol. The SMILES string of the molecule is CCCCCC(C)C(C)N(CC)CCCc1cc(O)cc(O)c1. The van der Waals surface area contributed by atoms with Gasteiger partial charge in [0.25, 0.3) is 0 Å². The third-order valence-corrected chi connectivity index (χ3v) is 4.94. The molecule has 0 saturated heterocycles. The van der Waals surface area contributed by atoms with E-state index in [1.54, 1.807) is 12.1 Å². The van der Waals surface area contributed by atoms with Crippen molar-refractivity contribution in [3.8, 4) is 11.5 Å². The molecule has 0 aliphatic rings. The van der Waals surface area contributed by atoms with Crippen molar-refractivity contribution in [2.75, 3.05) is 13.1 Å². The molecule has 2 atom stereocenters. The van der Waals surface area contributed by atoms with Crippen LogP contribution in [0.2, 0.25) is 0 Å². The molecule has 23 heavy (non-hydrogen) atoms. The summed E-state index contributed by atoms with van der Waals surface area (Å²) in [4.78, 5) is 2.55. The quantitative estimate of drug-likeness (QED) is 0.566. The number of benzene rings is 1. The minimum absolute atomic E-state index is 0.144. The van der Waals surface area contributed by atoms with E-state index < -0.39 is 0 Å². The number of hydrogen-bond acceptors (Lipinski definition) is 3. The third kappa shape index (κ3) is 7.26. The van der Waals surface area contributed by atoms with Crippen molar-refractivity contribution in [3.63, 3.8) is 0 Å². The van der Waals surface area contributed by atoms with Gasteiger partial charge < -0.3 is 15.1 Å². The maximum Gasteiger partial charge on any atom is 0.119 e. The predicted molar refractivity (Wildman–Crippen MR) is 98.1 cm³/mol. The van der Waals surface area contributed by atoms with E-state index in [1.807, 2.05) is 0 Å². The van der Waals surface area contributed by atoms with Crippen LogP contribution in [0.1, 0.15) is 65.4 Å². The van der Waals surface area contributed by atoms with Gasteiger partial charge in [0.05, 0.1) is 0 Å². The first kappa shape index (κ1) is 19.8. The molecule has 0 bridgehead atoms. The molecule has 0 aliphatic heterocycles. The largest absolute Gasteiger partial charge is 0.508 e. The van der Waals surface area contributed by atoms with Crippen molar-refractivity contribution in [1.29, 1.82) is 0 Å². The first-order chi connectivity index (χ1) is 11.0. The van der Waals surface area contributed by atoms with Gasteiger partial charge in [0.2, 0.25) is 0 Å². The average molecular weight is 322 g/mol. The smallest absolute Gasteiger partial charge is 0.119 e. The standard InChI is InChI=1S/C20H35NO2/c1-5-7-8-10-16(3)17(4)21(6-2)12-9-11-18-13-19(22)15-20(23)14-18/h13-17,22-23H,5-12H2,1-4H3. The van der Waals surface area contributed by atoms with Crippen LogP contribution in [-0.4, -0.2) is 34.2 Å². The molecule has 0 radical (unpaired) electrons. The van der Waals surface area contributed by atoms with Crippen LogP contribution in [0.5, 0.6) is 11.5 Å². The Labute approximate surface area is 142 Å². The Hall–Kier alpha value is -1.22. The molecule has 0 aliphatic carbocycles. The van der Waals surface area contributed by atoms with Crippen LogP contribution in [0.25, 0.3) is 0 Å². The lowest BCUT2D eigenvalue weighted by molar-refractivity contribution is 0.160. The first-order valence-electron chi connectivity index (χ1n) is 9.23. The lowest BCUT2D eigenvalue weighted by Gasteiger charge is -2.32. The van der Waals surface area contributed by atoms with Gasteiger partial charge in [-0.2, -0.15) is 0 Å². The van der Waals surface area contributed by atoms with E-state index in [-0.39, 0.29) is 11.5 Å². The molecule has 0 saturated carbocycles. The van der Waals surface area contributed by atoms with Crippen molar-refractivity contribution in [2.24, 2.45) is 5.92 Å². The van der Waals surface area contributed by atoms with E-state index in [9.17, 15) is 10.2 Å². The normalized spacial score (nSPS) is 14.1.